The van der Waals surface area contributed by atoms with E-state index in [0.717, 1.165) is 22.4 Å². The zero-order valence-electron chi connectivity index (χ0n) is 10.5. The van der Waals surface area contributed by atoms with Crippen LogP contribution in [-0.4, -0.2) is 14.8 Å². The van der Waals surface area contributed by atoms with Crippen LogP contribution in [0.3, 0.4) is 0 Å². The Morgan fingerprint density at radius 2 is 1.82 bits per heavy atom. The molecule has 0 fully saturated rings. The van der Waals surface area contributed by atoms with Crippen molar-refractivity contribution in [3.63, 3.8) is 0 Å². The minimum Gasteiger partial charge on any atom is -0.295 e. The van der Waals surface area contributed by atoms with Crippen molar-refractivity contribution in [2.24, 2.45) is 19.2 Å². The molecule has 1 aromatic heterocycles. The van der Waals surface area contributed by atoms with Crippen LogP contribution in [0.25, 0.3) is 11.0 Å². The van der Waals surface area contributed by atoms with Crippen molar-refractivity contribution >= 4 is 22.4 Å². The summed E-state index contributed by atoms with van der Waals surface area (Å²) in [5.74, 6) is 0. The van der Waals surface area contributed by atoms with Crippen LogP contribution in [0.5, 0.6) is 0 Å². The minimum absolute atomic E-state index is 0.0210. The van der Waals surface area contributed by atoms with Gasteiger partial charge in [0.2, 0.25) is 0 Å². The highest BCUT2D eigenvalue weighted by Gasteiger charge is 2.07. The predicted octanol–water partition coefficient (Wildman–Crippen LogP) is 1.68. The van der Waals surface area contributed by atoms with E-state index >= 15 is 0 Å². The van der Waals surface area contributed by atoms with Gasteiger partial charge in [-0.3, -0.25) is 14.6 Å². The van der Waals surface area contributed by atoms with Crippen molar-refractivity contribution in [2.45, 2.75) is 13.8 Å². The summed E-state index contributed by atoms with van der Waals surface area (Å²) in [6.45, 7) is 3.84. The molecule has 2 rings (SSSR count). The number of aromatic nitrogens is 2. The van der Waals surface area contributed by atoms with Gasteiger partial charge in [0.25, 0.3) is 0 Å². The van der Waals surface area contributed by atoms with E-state index in [1.165, 1.54) is 0 Å². The molecule has 5 heteroatoms. The molecule has 0 amide bonds. The lowest BCUT2D eigenvalue weighted by Crippen LogP contribution is -2.19. The van der Waals surface area contributed by atoms with Crippen LogP contribution < -0.4 is 11.1 Å². The third-order valence-corrected chi connectivity index (χ3v) is 2.68. The maximum Gasteiger partial charge on any atom is 0.328 e. The van der Waals surface area contributed by atoms with E-state index in [1.807, 2.05) is 32.0 Å². The molecule has 0 saturated heterocycles. The molecule has 0 aliphatic carbocycles. The van der Waals surface area contributed by atoms with Crippen LogP contribution in [0.1, 0.15) is 13.8 Å². The molecule has 0 radical (unpaired) electrons. The predicted molar refractivity (Wildman–Crippen MR) is 70.6 cm³/mol. The Kier molecular flexibility index (Phi) is 2.75. The normalized spacial score (nSPS) is 10.6. The highest BCUT2D eigenvalue weighted by Crippen LogP contribution is 2.17. The van der Waals surface area contributed by atoms with E-state index in [1.54, 1.807) is 23.2 Å². The second kappa shape index (κ2) is 4.08. The van der Waals surface area contributed by atoms with Gasteiger partial charge in [-0.25, -0.2) is 4.79 Å². The number of aryl methyl sites for hydroxylation is 2. The molecule has 0 atom stereocenters. The van der Waals surface area contributed by atoms with E-state index in [0.29, 0.717) is 0 Å². The second-order valence-electron chi connectivity index (χ2n) is 4.27. The fraction of sp³-hybridized carbons (Fsp3) is 0.333. The molecule has 90 valence electrons. The van der Waals surface area contributed by atoms with E-state index in [-0.39, 0.29) is 5.69 Å². The largest absolute Gasteiger partial charge is 0.328 e. The average Bonchev–Trinajstić information content (AvgIpc) is 2.52. The van der Waals surface area contributed by atoms with Gasteiger partial charge in [-0.15, -0.1) is 0 Å². The first-order valence-electron chi connectivity index (χ1n) is 5.43. The molecule has 17 heavy (non-hydrogen) atoms. The Labute approximate surface area is 99.4 Å². The SMILES string of the molecule is CC(C)=NNc1ccc2c(c1)n(C)c(=O)n2C. The quantitative estimate of drug-likeness (QED) is 0.632. The van der Waals surface area contributed by atoms with Gasteiger partial charge in [0.05, 0.1) is 16.7 Å². The lowest BCUT2D eigenvalue weighted by Gasteiger charge is -2.02. The fourth-order valence-electron chi connectivity index (χ4n) is 1.75. The zero-order chi connectivity index (χ0) is 12.6. The summed E-state index contributed by atoms with van der Waals surface area (Å²) in [6, 6.07) is 5.75. The first-order chi connectivity index (χ1) is 8.00. The van der Waals surface area contributed by atoms with Crippen LogP contribution in [0, 0.1) is 0 Å². The highest BCUT2D eigenvalue weighted by atomic mass is 16.1. The molecule has 2 aromatic rings. The number of rotatable bonds is 2. The summed E-state index contributed by atoms with van der Waals surface area (Å²) >= 11 is 0. The maximum absolute atomic E-state index is 11.7. The molecule has 0 aliphatic rings. The van der Waals surface area contributed by atoms with Gasteiger partial charge in [0, 0.05) is 19.8 Å². The van der Waals surface area contributed by atoms with Gasteiger partial charge >= 0.3 is 5.69 Å². The first-order valence-corrected chi connectivity index (χ1v) is 5.43. The Morgan fingerprint density at radius 1 is 1.18 bits per heavy atom. The summed E-state index contributed by atoms with van der Waals surface area (Å²) < 4.78 is 3.26. The monoisotopic (exact) mass is 232 g/mol. The molecule has 0 spiro atoms. The average molecular weight is 232 g/mol. The lowest BCUT2D eigenvalue weighted by molar-refractivity contribution is 0.795. The molecule has 1 aromatic carbocycles. The van der Waals surface area contributed by atoms with Gasteiger partial charge in [-0.1, -0.05) is 0 Å². The molecule has 0 bridgehead atoms. The van der Waals surface area contributed by atoms with E-state index in [2.05, 4.69) is 10.5 Å². The summed E-state index contributed by atoms with van der Waals surface area (Å²) in [6.07, 6.45) is 0. The molecule has 0 saturated carbocycles. The molecular formula is C12H16N4O. The Hall–Kier alpha value is -2.04. The number of benzene rings is 1. The standard InChI is InChI=1S/C12H16N4O/c1-8(2)13-14-9-5-6-10-11(7-9)16(4)12(17)15(10)3/h5-7,14H,1-4H3. The van der Waals surface area contributed by atoms with Crippen molar-refractivity contribution in [3.05, 3.63) is 28.7 Å². The summed E-state index contributed by atoms with van der Waals surface area (Å²) in [4.78, 5) is 11.7. The van der Waals surface area contributed by atoms with Crippen molar-refractivity contribution in [2.75, 3.05) is 5.43 Å². The van der Waals surface area contributed by atoms with Crippen LogP contribution in [0.2, 0.25) is 0 Å². The number of anilines is 1. The van der Waals surface area contributed by atoms with Crippen LogP contribution in [-0.2, 0) is 14.1 Å². The van der Waals surface area contributed by atoms with Gasteiger partial charge in [0.15, 0.2) is 0 Å². The number of hydrogen-bond acceptors (Lipinski definition) is 3. The van der Waals surface area contributed by atoms with E-state index in [9.17, 15) is 4.79 Å². The van der Waals surface area contributed by atoms with Gasteiger partial charge in [-0.2, -0.15) is 5.10 Å². The van der Waals surface area contributed by atoms with Crippen molar-refractivity contribution < 1.29 is 0 Å². The van der Waals surface area contributed by atoms with Gasteiger partial charge in [0.1, 0.15) is 0 Å². The molecule has 5 nitrogen and oxygen atoms in total. The Bertz CT molecular complexity index is 644. The Balaban J connectivity index is 2.55. The third kappa shape index (κ3) is 1.95. The number of nitrogens with one attached hydrogen (secondary N) is 1. The number of nitrogens with zero attached hydrogens (tertiary/aromatic N) is 3. The van der Waals surface area contributed by atoms with Crippen molar-refractivity contribution in [1.82, 2.24) is 9.13 Å². The number of fused-ring (bicyclic) bond motifs is 1. The van der Waals surface area contributed by atoms with Crippen LogP contribution in [0.4, 0.5) is 5.69 Å². The van der Waals surface area contributed by atoms with Crippen molar-refractivity contribution in [1.29, 1.82) is 0 Å². The highest BCUT2D eigenvalue weighted by molar-refractivity contribution is 5.82. The number of imidazole rings is 1. The van der Waals surface area contributed by atoms with E-state index < -0.39 is 0 Å². The molecule has 1 N–H and O–H groups in total. The van der Waals surface area contributed by atoms with Crippen LogP contribution >= 0.6 is 0 Å². The smallest absolute Gasteiger partial charge is 0.295 e. The zero-order valence-corrected chi connectivity index (χ0v) is 10.5. The minimum atomic E-state index is -0.0210. The first kappa shape index (κ1) is 11.4. The number of hydrogen-bond donors (Lipinski definition) is 1. The summed E-state index contributed by atoms with van der Waals surface area (Å²) in [5, 5.41) is 4.13. The van der Waals surface area contributed by atoms with Gasteiger partial charge in [-0.05, 0) is 32.0 Å². The van der Waals surface area contributed by atoms with Crippen LogP contribution in [0.15, 0.2) is 28.1 Å². The topological polar surface area (TPSA) is 51.3 Å². The van der Waals surface area contributed by atoms with E-state index in [4.69, 9.17) is 0 Å². The molecule has 0 unspecified atom stereocenters. The third-order valence-electron chi connectivity index (χ3n) is 2.68. The molecule has 0 aliphatic heterocycles. The molecular weight excluding hydrogens is 216 g/mol. The number of hydrazone groups is 1. The van der Waals surface area contributed by atoms with Gasteiger partial charge < -0.3 is 0 Å². The lowest BCUT2D eigenvalue weighted by atomic mass is 10.3. The summed E-state index contributed by atoms with van der Waals surface area (Å²) in [5.41, 5.74) is 6.57. The maximum atomic E-state index is 11.7. The van der Waals surface area contributed by atoms with Crippen molar-refractivity contribution in [3.8, 4) is 0 Å². The Morgan fingerprint density at radius 3 is 2.47 bits per heavy atom. The second-order valence-corrected chi connectivity index (χ2v) is 4.27. The fourth-order valence-corrected chi connectivity index (χ4v) is 1.75. The molecule has 1 heterocycles. The summed E-state index contributed by atoms with van der Waals surface area (Å²) in [7, 11) is 3.54.